The van der Waals surface area contributed by atoms with Gasteiger partial charge in [-0.1, -0.05) is 0 Å². The fourth-order valence-corrected chi connectivity index (χ4v) is 3.49. The van der Waals surface area contributed by atoms with Crippen LogP contribution in [-0.4, -0.2) is 51.1 Å². The lowest BCUT2D eigenvalue weighted by molar-refractivity contribution is 0.0931. The van der Waals surface area contributed by atoms with Crippen LogP contribution in [0.25, 0.3) is 28.5 Å². The molecule has 12 heteroatoms. The Morgan fingerprint density at radius 3 is 2.88 bits per heavy atom. The number of hydrogen-bond donors (Lipinski definition) is 2. The molecule has 0 aliphatic rings. The zero-order chi connectivity index (χ0) is 22.9. The van der Waals surface area contributed by atoms with E-state index in [1.54, 1.807) is 17.2 Å². The molecule has 1 atom stereocenters. The van der Waals surface area contributed by atoms with E-state index >= 15 is 0 Å². The highest BCUT2D eigenvalue weighted by Crippen LogP contribution is 2.30. The normalized spacial score (nSPS) is 12.2. The molecule has 0 spiro atoms. The summed E-state index contributed by atoms with van der Waals surface area (Å²) in [4.78, 5) is 34.5. The number of nitrogen functional groups attached to an aromatic ring is 1. The lowest BCUT2D eigenvalue weighted by atomic mass is 10.1. The Balaban J connectivity index is 1.55. The number of pyridine rings is 1. The number of carbonyl (C=O) groups excluding carboxylic acids is 1. The quantitative estimate of drug-likeness (QED) is 0.398. The Bertz CT molecular complexity index is 1420. The van der Waals surface area contributed by atoms with Crippen molar-refractivity contribution in [3.05, 3.63) is 61.0 Å². The van der Waals surface area contributed by atoms with Crippen molar-refractivity contribution in [1.82, 2.24) is 44.4 Å². The van der Waals surface area contributed by atoms with Gasteiger partial charge in [0.2, 0.25) is 5.89 Å². The molecule has 5 heterocycles. The van der Waals surface area contributed by atoms with Crippen LogP contribution in [0.15, 0.2) is 54.1 Å². The van der Waals surface area contributed by atoms with Gasteiger partial charge >= 0.3 is 0 Å². The van der Waals surface area contributed by atoms with Crippen LogP contribution in [-0.2, 0) is 6.54 Å². The van der Waals surface area contributed by atoms with Crippen LogP contribution in [0, 0.1) is 6.92 Å². The highest BCUT2D eigenvalue weighted by molar-refractivity contribution is 5.98. The number of oxazole rings is 1. The number of nitrogens with one attached hydrogen (secondary N) is 1. The molecule has 166 valence electrons. The third-order valence-corrected chi connectivity index (χ3v) is 5.04. The fraction of sp³-hybridized carbons (Fsp3) is 0.190. The molecule has 33 heavy (non-hydrogen) atoms. The Hall–Kier alpha value is -4.61. The van der Waals surface area contributed by atoms with Gasteiger partial charge < -0.3 is 19.9 Å². The number of nitrogens with two attached hydrogens (primary N) is 1. The number of anilines is 1. The smallest absolute Gasteiger partial charge is 0.274 e. The standard InChI is InChI=1S/C21H20N10O2/c1-12(8-30-11-23-10-26-30)27-20(32)18-19(22)29-17(21-24-5-6-33-21)16(28-18)14-3-4-15-25-7-13(2)31(15)9-14/h3-7,9-12H,8H2,1-2H3,(H2,22,29)(H,27,32)/t12-/m1/s1. The van der Waals surface area contributed by atoms with Crippen LogP contribution in [0.5, 0.6) is 0 Å². The summed E-state index contributed by atoms with van der Waals surface area (Å²) in [5.74, 6) is -0.233. The van der Waals surface area contributed by atoms with Gasteiger partial charge in [0.15, 0.2) is 17.2 Å². The van der Waals surface area contributed by atoms with Crippen molar-refractivity contribution >= 4 is 17.4 Å². The highest BCUT2D eigenvalue weighted by atomic mass is 16.3. The van der Waals surface area contributed by atoms with Crippen molar-refractivity contribution < 1.29 is 9.21 Å². The predicted octanol–water partition coefficient (Wildman–Crippen LogP) is 1.75. The second-order valence-electron chi connectivity index (χ2n) is 7.53. The van der Waals surface area contributed by atoms with Crippen LogP contribution in [0.2, 0.25) is 0 Å². The second kappa shape index (κ2) is 8.15. The number of aromatic nitrogens is 8. The van der Waals surface area contributed by atoms with Crippen molar-refractivity contribution in [2.75, 3.05) is 5.73 Å². The summed E-state index contributed by atoms with van der Waals surface area (Å²) >= 11 is 0. The zero-order valence-corrected chi connectivity index (χ0v) is 17.9. The van der Waals surface area contributed by atoms with Crippen LogP contribution >= 0.6 is 0 Å². The van der Waals surface area contributed by atoms with Gasteiger partial charge in [0.25, 0.3) is 5.91 Å². The van der Waals surface area contributed by atoms with Crippen molar-refractivity contribution in [2.45, 2.75) is 26.4 Å². The topological polar surface area (TPSA) is 155 Å². The lowest BCUT2D eigenvalue weighted by Crippen LogP contribution is -2.37. The molecular weight excluding hydrogens is 424 g/mol. The summed E-state index contributed by atoms with van der Waals surface area (Å²) in [6.07, 6.45) is 9.61. The molecule has 12 nitrogen and oxygen atoms in total. The number of amides is 1. The van der Waals surface area contributed by atoms with E-state index in [2.05, 4.69) is 35.3 Å². The first-order chi connectivity index (χ1) is 16.0. The number of nitrogens with zero attached hydrogens (tertiary/aromatic N) is 8. The molecular formula is C21H20N10O2. The molecule has 0 saturated carbocycles. The van der Waals surface area contributed by atoms with Crippen LogP contribution in [0.1, 0.15) is 23.1 Å². The third kappa shape index (κ3) is 3.89. The monoisotopic (exact) mass is 444 g/mol. The van der Waals surface area contributed by atoms with E-state index in [1.807, 2.05) is 36.6 Å². The van der Waals surface area contributed by atoms with Crippen LogP contribution in [0.4, 0.5) is 5.82 Å². The van der Waals surface area contributed by atoms with E-state index in [4.69, 9.17) is 10.2 Å². The SMILES string of the molecule is Cc1cnc2ccc(-c3nc(C(=O)N[C@H](C)Cn4cncn4)c(N)nc3-c3ncco3)cn12. The molecule has 5 aromatic heterocycles. The Labute approximate surface area is 187 Å². The summed E-state index contributed by atoms with van der Waals surface area (Å²) < 4.78 is 9.00. The minimum absolute atomic E-state index is 0.00759. The summed E-state index contributed by atoms with van der Waals surface area (Å²) in [6, 6.07) is 3.46. The predicted molar refractivity (Wildman–Crippen MR) is 118 cm³/mol. The minimum Gasteiger partial charge on any atom is -0.443 e. The van der Waals surface area contributed by atoms with Gasteiger partial charge in [-0.2, -0.15) is 5.10 Å². The van der Waals surface area contributed by atoms with E-state index in [0.717, 1.165) is 11.3 Å². The second-order valence-corrected chi connectivity index (χ2v) is 7.53. The molecule has 5 aromatic rings. The first-order valence-electron chi connectivity index (χ1n) is 10.1. The van der Waals surface area contributed by atoms with Gasteiger partial charge in [0.1, 0.15) is 30.3 Å². The third-order valence-electron chi connectivity index (χ3n) is 5.04. The van der Waals surface area contributed by atoms with Gasteiger partial charge in [0.05, 0.1) is 12.7 Å². The van der Waals surface area contributed by atoms with E-state index in [1.165, 1.54) is 18.8 Å². The number of fused-ring (bicyclic) bond motifs is 1. The van der Waals surface area contributed by atoms with E-state index in [-0.39, 0.29) is 23.4 Å². The Morgan fingerprint density at radius 1 is 1.24 bits per heavy atom. The molecule has 5 rings (SSSR count). The molecule has 0 saturated heterocycles. The number of rotatable bonds is 6. The number of carbonyl (C=O) groups is 1. The maximum Gasteiger partial charge on any atom is 0.274 e. The molecule has 0 radical (unpaired) electrons. The summed E-state index contributed by atoms with van der Waals surface area (Å²) in [6.45, 7) is 4.24. The van der Waals surface area contributed by atoms with E-state index in [9.17, 15) is 4.79 Å². The van der Waals surface area contributed by atoms with Crippen molar-refractivity contribution in [3.8, 4) is 22.8 Å². The maximum atomic E-state index is 13.0. The summed E-state index contributed by atoms with van der Waals surface area (Å²) in [5.41, 5.74) is 9.34. The number of aryl methyl sites for hydroxylation is 1. The molecule has 0 aliphatic carbocycles. The van der Waals surface area contributed by atoms with Gasteiger partial charge in [-0.25, -0.2) is 24.9 Å². The fourth-order valence-electron chi connectivity index (χ4n) is 3.49. The average Bonchev–Trinajstić information content (AvgIpc) is 3.56. The molecule has 3 N–H and O–H groups in total. The number of hydrogen-bond acceptors (Lipinski definition) is 9. The van der Waals surface area contributed by atoms with E-state index < -0.39 is 5.91 Å². The van der Waals surface area contributed by atoms with E-state index in [0.29, 0.717) is 23.5 Å². The summed E-state index contributed by atoms with van der Waals surface area (Å²) in [7, 11) is 0. The molecule has 0 aromatic carbocycles. The van der Waals surface area contributed by atoms with Gasteiger partial charge in [-0.3, -0.25) is 9.48 Å². The van der Waals surface area contributed by atoms with Crippen LogP contribution < -0.4 is 11.1 Å². The van der Waals surface area contributed by atoms with Crippen LogP contribution in [0.3, 0.4) is 0 Å². The van der Waals surface area contributed by atoms with Crippen molar-refractivity contribution in [2.24, 2.45) is 0 Å². The summed E-state index contributed by atoms with van der Waals surface area (Å²) in [5, 5.41) is 6.93. The minimum atomic E-state index is -0.451. The first-order valence-corrected chi connectivity index (χ1v) is 10.1. The molecule has 0 bridgehead atoms. The van der Waals surface area contributed by atoms with Crippen molar-refractivity contribution in [1.29, 1.82) is 0 Å². The number of imidazole rings is 1. The van der Waals surface area contributed by atoms with Gasteiger partial charge in [-0.15, -0.1) is 0 Å². The molecule has 0 fully saturated rings. The zero-order valence-electron chi connectivity index (χ0n) is 17.9. The maximum absolute atomic E-state index is 13.0. The average molecular weight is 444 g/mol. The largest absolute Gasteiger partial charge is 0.443 e. The van der Waals surface area contributed by atoms with Gasteiger partial charge in [0, 0.05) is 29.7 Å². The molecule has 1 amide bonds. The highest BCUT2D eigenvalue weighted by Gasteiger charge is 2.23. The molecule has 0 unspecified atom stereocenters. The lowest BCUT2D eigenvalue weighted by Gasteiger charge is -2.15. The molecule has 0 aliphatic heterocycles. The van der Waals surface area contributed by atoms with Crippen molar-refractivity contribution in [3.63, 3.8) is 0 Å². The Morgan fingerprint density at radius 2 is 2.12 bits per heavy atom. The first kappa shape index (κ1) is 20.3. The Kier molecular flexibility index (Phi) is 5.01. The van der Waals surface area contributed by atoms with Gasteiger partial charge in [-0.05, 0) is 26.0 Å².